The number of nitrogens with one attached hydrogen (secondary N) is 1. The van der Waals surface area contributed by atoms with Crippen LogP contribution in [-0.4, -0.2) is 15.9 Å². The number of nitrogens with zero attached hydrogens (tertiary/aromatic N) is 2. The number of hydrogen-bond donors (Lipinski definition) is 1. The largest absolute Gasteiger partial charge is 0.453 e. The van der Waals surface area contributed by atoms with Gasteiger partial charge in [0, 0.05) is 18.1 Å². The number of rotatable bonds is 5. The smallest absolute Gasteiger partial charge is 0.270 e. The van der Waals surface area contributed by atoms with Gasteiger partial charge in [-0.3, -0.25) is 9.78 Å². The van der Waals surface area contributed by atoms with Gasteiger partial charge in [0.1, 0.15) is 11.4 Å². The Balaban J connectivity index is 1.42. The van der Waals surface area contributed by atoms with Crippen LogP contribution in [0.1, 0.15) is 16.1 Å². The third-order valence-electron chi connectivity index (χ3n) is 4.14. The molecule has 0 spiro atoms. The number of halogens is 1. The number of carbonyl (C=O) groups is 1. The summed E-state index contributed by atoms with van der Waals surface area (Å²) in [5.41, 5.74) is 1.68. The van der Waals surface area contributed by atoms with E-state index in [2.05, 4.69) is 15.3 Å². The number of carbonyl (C=O) groups excluding carboxylic acids is 1. The van der Waals surface area contributed by atoms with E-state index in [0.29, 0.717) is 17.0 Å². The molecule has 28 heavy (non-hydrogen) atoms. The lowest BCUT2D eigenvalue weighted by molar-refractivity contribution is 0.0946. The van der Waals surface area contributed by atoms with Crippen molar-refractivity contribution in [3.8, 4) is 11.5 Å². The molecule has 0 aliphatic heterocycles. The Kier molecular flexibility index (Phi) is 4.93. The molecule has 0 aliphatic carbocycles. The van der Waals surface area contributed by atoms with Crippen molar-refractivity contribution in [3.63, 3.8) is 0 Å². The van der Waals surface area contributed by atoms with E-state index >= 15 is 0 Å². The van der Waals surface area contributed by atoms with Crippen LogP contribution in [0.4, 0.5) is 4.39 Å². The van der Waals surface area contributed by atoms with Crippen molar-refractivity contribution in [1.82, 2.24) is 15.3 Å². The highest BCUT2D eigenvalue weighted by molar-refractivity contribution is 5.94. The lowest BCUT2D eigenvalue weighted by Crippen LogP contribution is -2.23. The summed E-state index contributed by atoms with van der Waals surface area (Å²) in [6.45, 7) is 0.178. The Morgan fingerprint density at radius 1 is 1.04 bits per heavy atom. The first kappa shape index (κ1) is 17.6. The maximum absolute atomic E-state index is 14.3. The van der Waals surface area contributed by atoms with Crippen LogP contribution in [0.15, 0.2) is 79.1 Å². The second kappa shape index (κ2) is 7.84. The van der Waals surface area contributed by atoms with Gasteiger partial charge in [0.15, 0.2) is 11.6 Å². The van der Waals surface area contributed by atoms with Crippen LogP contribution in [-0.2, 0) is 6.54 Å². The van der Waals surface area contributed by atoms with E-state index in [0.717, 1.165) is 10.9 Å². The average molecular weight is 373 g/mol. The molecule has 0 aliphatic rings. The quantitative estimate of drug-likeness (QED) is 0.560. The molecular formula is C22H16FN3O2. The second-order valence-corrected chi connectivity index (χ2v) is 6.13. The summed E-state index contributed by atoms with van der Waals surface area (Å²) in [4.78, 5) is 20.6. The minimum absolute atomic E-state index is 0.0965. The summed E-state index contributed by atoms with van der Waals surface area (Å²) >= 11 is 0. The van der Waals surface area contributed by atoms with Crippen LogP contribution in [0.3, 0.4) is 0 Å². The molecule has 138 valence electrons. The Labute approximate surface area is 160 Å². The van der Waals surface area contributed by atoms with Gasteiger partial charge in [-0.05, 0) is 42.0 Å². The highest BCUT2D eigenvalue weighted by Gasteiger charge is 2.10. The summed E-state index contributed by atoms with van der Waals surface area (Å²) in [7, 11) is 0. The molecule has 0 fully saturated rings. The van der Waals surface area contributed by atoms with Crippen LogP contribution < -0.4 is 10.1 Å². The zero-order valence-electron chi connectivity index (χ0n) is 14.8. The standard InChI is InChI=1S/C22H16FN3O2/c23-18-12-15(7-10-21(18)28-17-5-3-11-24-14-17)13-25-22(27)20-9-8-16-4-1-2-6-19(16)26-20/h1-12,14H,13H2,(H,25,27). The van der Waals surface area contributed by atoms with Gasteiger partial charge >= 0.3 is 0 Å². The molecule has 1 N–H and O–H groups in total. The summed E-state index contributed by atoms with van der Waals surface area (Å²) in [5, 5.41) is 3.72. The van der Waals surface area contributed by atoms with Crippen LogP contribution in [0.25, 0.3) is 10.9 Å². The molecular weight excluding hydrogens is 357 g/mol. The molecule has 0 radical (unpaired) electrons. The number of para-hydroxylation sites is 1. The summed E-state index contributed by atoms with van der Waals surface area (Å²) in [6.07, 6.45) is 3.11. The fourth-order valence-electron chi connectivity index (χ4n) is 2.74. The molecule has 4 rings (SSSR count). The molecule has 6 heteroatoms. The number of benzene rings is 2. The average Bonchev–Trinajstić information content (AvgIpc) is 2.74. The van der Waals surface area contributed by atoms with Crippen molar-refractivity contribution in [2.24, 2.45) is 0 Å². The van der Waals surface area contributed by atoms with Crippen LogP contribution in [0, 0.1) is 5.82 Å². The molecule has 5 nitrogen and oxygen atoms in total. The highest BCUT2D eigenvalue weighted by atomic mass is 19.1. The van der Waals surface area contributed by atoms with E-state index in [1.165, 1.54) is 18.3 Å². The van der Waals surface area contributed by atoms with Gasteiger partial charge in [-0.15, -0.1) is 0 Å². The zero-order chi connectivity index (χ0) is 19.3. The van der Waals surface area contributed by atoms with Crippen molar-refractivity contribution in [3.05, 3.63) is 96.2 Å². The first-order chi connectivity index (χ1) is 13.7. The Bertz CT molecular complexity index is 1130. The van der Waals surface area contributed by atoms with Crippen molar-refractivity contribution in [1.29, 1.82) is 0 Å². The molecule has 4 aromatic rings. The second-order valence-electron chi connectivity index (χ2n) is 6.13. The number of hydrogen-bond acceptors (Lipinski definition) is 4. The molecule has 0 unspecified atom stereocenters. The van der Waals surface area contributed by atoms with Gasteiger partial charge < -0.3 is 10.1 Å². The monoisotopic (exact) mass is 373 g/mol. The van der Waals surface area contributed by atoms with Crippen molar-refractivity contribution in [2.75, 3.05) is 0 Å². The highest BCUT2D eigenvalue weighted by Crippen LogP contribution is 2.24. The molecule has 2 aromatic carbocycles. The van der Waals surface area contributed by atoms with Gasteiger partial charge in [-0.1, -0.05) is 30.3 Å². The van der Waals surface area contributed by atoms with E-state index in [1.807, 2.05) is 30.3 Å². The van der Waals surface area contributed by atoms with Crippen LogP contribution in [0.5, 0.6) is 11.5 Å². The topological polar surface area (TPSA) is 64.1 Å². The molecule has 0 saturated carbocycles. The zero-order valence-corrected chi connectivity index (χ0v) is 14.8. The van der Waals surface area contributed by atoms with E-state index < -0.39 is 5.82 Å². The predicted octanol–water partition coefficient (Wildman–Crippen LogP) is 4.49. The fourth-order valence-corrected chi connectivity index (χ4v) is 2.74. The van der Waals surface area contributed by atoms with E-state index in [-0.39, 0.29) is 18.2 Å². The van der Waals surface area contributed by atoms with E-state index in [4.69, 9.17) is 4.74 Å². The normalized spacial score (nSPS) is 10.6. The van der Waals surface area contributed by atoms with Gasteiger partial charge in [-0.2, -0.15) is 0 Å². The first-order valence-corrected chi connectivity index (χ1v) is 8.69. The van der Waals surface area contributed by atoms with Gasteiger partial charge in [0.05, 0.1) is 11.7 Å². The Morgan fingerprint density at radius 3 is 2.75 bits per heavy atom. The number of aromatic nitrogens is 2. The van der Waals surface area contributed by atoms with Gasteiger partial charge in [0.2, 0.25) is 0 Å². The summed E-state index contributed by atoms with van der Waals surface area (Å²) in [5.74, 6) is -0.287. The minimum Gasteiger partial charge on any atom is -0.453 e. The number of ether oxygens (including phenoxy) is 1. The lowest BCUT2D eigenvalue weighted by Gasteiger charge is -2.09. The van der Waals surface area contributed by atoms with E-state index in [1.54, 1.807) is 30.5 Å². The van der Waals surface area contributed by atoms with Crippen LogP contribution >= 0.6 is 0 Å². The first-order valence-electron chi connectivity index (χ1n) is 8.69. The van der Waals surface area contributed by atoms with Crippen molar-refractivity contribution < 1.29 is 13.9 Å². The Morgan fingerprint density at radius 2 is 1.93 bits per heavy atom. The Hall–Kier alpha value is -3.80. The molecule has 0 bridgehead atoms. The van der Waals surface area contributed by atoms with Crippen LogP contribution in [0.2, 0.25) is 0 Å². The summed E-state index contributed by atoms with van der Waals surface area (Å²) < 4.78 is 19.8. The maximum Gasteiger partial charge on any atom is 0.270 e. The molecule has 1 amide bonds. The molecule has 0 saturated heterocycles. The number of pyridine rings is 2. The predicted molar refractivity (Wildman–Crippen MR) is 104 cm³/mol. The molecule has 0 atom stereocenters. The fraction of sp³-hybridized carbons (Fsp3) is 0.0455. The SMILES string of the molecule is O=C(NCc1ccc(Oc2cccnc2)c(F)c1)c1ccc2ccccc2n1. The number of fused-ring (bicyclic) bond motifs is 1. The maximum atomic E-state index is 14.3. The van der Waals surface area contributed by atoms with Gasteiger partial charge in [-0.25, -0.2) is 9.37 Å². The van der Waals surface area contributed by atoms with Gasteiger partial charge in [0.25, 0.3) is 5.91 Å². The lowest BCUT2D eigenvalue weighted by atomic mass is 10.2. The third kappa shape index (κ3) is 3.96. The van der Waals surface area contributed by atoms with Crippen molar-refractivity contribution in [2.45, 2.75) is 6.54 Å². The van der Waals surface area contributed by atoms with Crippen molar-refractivity contribution >= 4 is 16.8 Å². The molecule has 2 heterocycles. The minimum atomic E-state index is -0.514. The molecule has 2 aromatic heterocycles. The van der Waals surface area contributed by atoms with E-state index in [9.17, 15) is 9.18 Å². The number of amides is 1. The third-order valence-corrected chi connectivity index (χ3v) is 4.14. The summed E-state index contributed by atoms with van der Waals surface area (Å²) in [6, 6.07) is 19.0.